The molecule has 7 heteroatoms. The summed E-state index contributed by atoms with van der Waals surface area (Å²) in [4.78, 5) is 24.1. The molecular formula is C31H43N3O4. The van der Waals surface area contributed by atoms with Gasteiger partial charge in [0, 0.05) is 30.1 Å². The van der Waals surface area contributed by atoms with E-state index in [2.05, 4.69) is 43.0 Å². The molecule has 0 fully saturated rings. The van der Waals surface area contributed by atoms with E-state index in [1.165, 1.54) is 0 Å². The van der Waals surface area contributed by atoms with Gasteiger partial charge in [-0.25, -0.2) is 0 Å². The topological polar surface area (TPSA) is 75.3 Å². The van der Waals surface area contributed by atoms with E-state index >= 15 is 0 Å². The predicted octanol–water partition coefficient (Wildman–Crippen LogP) is 6.92. The third-order valence-electron chi connectivity index (χ3n) is 7.41. The monoisotopic (exact) mass is 521 g/mol. The Morgan fingerprint density at radius 2 is 1.79 bits per heavy atom. The summed E-state index contributed by atoms with van der Waals surface area (Å²) >= 11 is 0. The van der Waals surface area contributed by atoms with Crippen LogP contribution in [-0.4, -0.2) is 33.5 Å². The zero-order valence-corrected chi connectivity index (χ0v) is 23.5. The van der Waals surface area contributed by atoms with E-state index < -0.39 is 0 Å². The standard InChI is InChI=1S/C31H43N3O4/c1-5-6-11-20-38-28(36)16-10-8-7-9-12-19-37-26-15-13-14-24-29(26)32-34-22-27(31(2,3)4)33-18-17-23(35)21-25(33)30(24)34/h13-15,17-18,21,27H,5-12,16,19-20,22H2,1-4H3/t27-/m0/s1. The lowest BCUT2D eigenvalue weighted by atomic mass is 9.85. The van der Waals surface area contributed by atoms with Gasteiger partial charge in [-0.15, -0.1) is 0 Å². The number of esters is 1. The predicted molar refractivity (Wildman–Crippen MR) is 152 cm³/mol. The first-order chi connectivity index (χ1) is 18.3. The number of ether oxygens (including phenoxy) is 2. The molecule has 0 unspecified atom stereocenters. The number of hydrogen-bond donors (Lipinski definition) is 0. The second-order valence-electron chi connectivity index (χ2n) is 11.5. The molecule has 0 N–H and O–H groups in total. The number of aromatic nitrogens is 3. The fourth-order valence-electron chi connectivity index (χ4n) is 5.24. The molecule has 3 heterocycles. The summed E-state index contributed by atoms with van der Waals surface area (Å²) in [5, 5.41) is 5.98. The van der Waals surface area contributed by atoms with Crippen molar-refractivity contribution < 1.29 is 14.3 Å². The third-order valence-corrected chi connectivity index (χ3v) is 7.41. The van der Waals surface area contributed by atoms with Gasteiger partial charge >= 0.3 is 5.97 Å². The maximum absolute atomic E-state index is 12.3. The largest absolute Gasteiger partial charge is 0.491 e. The first kappa shape index (κ1) is 27.9. The van der Waals surface area contributed by atoms with Crippen molar-refractivity contribution in [3.8, 4) is 17.1 Å². The molecule has 0 spiro atoms. The lowest BCUT2D eigenvalue weighted by Gasteiger charge is -2.38. The van der Waals surface area contributed by atoms with Crippen LogP contribution < -0.4 is 10.2 Å². The van der Waals surface area contributed by atoms with Crippen LogP contribution in [0.25, 0.3) is 22.3 Å². The van der Waals surface area contributed by atoms with E-state index in [-0.39, 0.29) is 22.9 Å². The minimum Gasteiger partial charge on any atom is -0.491 e. The van der Waals surface area contributed by atoms with Crippen molar-refractivity contribution in [2.45, 2.75) is 98.1 Å². The van der Waals surface area contributed by atoms with Gasteiger partial charge in [0.25, 0.3) is 0 Å². The Bertz CT molecular complexity index is 1280. The summed E-state index contributed by atoms with van der Waals surface area (Å²) in [6.07, 6.45) is 10.6. The SMILES string of the molecule is CCCCCOC(=O)CCCCCCCOc1cccc2c3n(nc12)C[C@@H](C(C)(C)C)n1ccc(=O)cc1-3. The lowest BCUT2D eigenvalue weighted by molar-refractivity contribution is -0.143. The van der Waals surface area contributed by atoms with Gasteiger partial charge in [-0.2, -0.15) is 5.10 Å². The zero-order chi connectivity index (χ0) is 27.1. The molecule has 3 aromatic rings. The number of nitrogens with zero attached hydrogens (tertiary/aromatic N) is 3. The Morgan fingerprint density at radius 1 is 1.03 bits per heavy atom. The van der Waals surface area contributed by atoms with Crippen LogP contribution in [0.1, 0.15) is 91.5 Å². The summed E-state index contributed by atoms with van der Waals surface area (Å²) in [7, 11) is 0. The average Bonchev–Trinajstić information content (AvgIpc) is 3.27. The van der Waals surface area contributed by atoms with Crippen LogP contribution in [0.5, 0.6) is 5.75 Å². The smallest absolute Gasteiger partial charge is 0.305 e. The maximum atomic E-state index is 12.3. The van der Waals surface area contributed by atoms with Crippen LogP contribution in [0.4, 0.5) is 0 Å². The van der Waals surface area contributed by atoms with Crippen LogP contribution in [0.15, 0.2) is 41.3 Å². The van der Waals surface area contributed by atoms with E-state index in [9.17, 15) is 9.59 Å². The zero-order valence-electron chi connectivity index (χ0n) is 23.5. The van der Waals surface area contributed by atoms with Crippen molar-refractivity contribution in [3.63, 3.8) is 0 Å². The number of unbranched alkanes of at least 4 members (excludes halogenated alkanes) is 6. The summed E-state index contributed by atoms with van der Waals surface area (Å²) in [5.41, 5.74) is 2.74. The van der Waals surface area contributed by atoms with Gasteiger partial charge in [0.2, 0.25) is 0 Å². The van der Waals surface area contributed by atoms with Crippen LogP contribution in [-0.2, 0) is 16.1 Å². The number of carbonyl (C=O) groups is 1. The van der Waals surface area contributed by atoms with Gasteiger partial charge in [0.1, 0.15) is 11.3 Å². The molecule has 1 atom stereocenters. The lowest BCUT2D eigenvalue weighted by Crippen LogP contribution is -2.34. The second-order valence-corrected chi connectivity index (χ2v) is 11.5. The molecule has 1 aliphatic rings. The molecule has 0 saturated carbocycles. The molecule has 0 bridgehead atoms. The Labute approximate surface area is 226 Å². The molecule has 1 aliphatic heterocycles. The van der Waals surface area contributed by atoms with Gasteiger partial charge in [-0.05, 0) is 30.7 Å². The number of hydrogen-bond acceptors (Lipinski definition) is 5. The van der Waals surface area contributed by atoms with Crippen LogP contribution in [0.3, 0.4) is 0 Å². The molecular weight excluding hydrogens is 478 g/mol. The van der Waals surface area contributed by atoms with E-state index in [1.807, 2.05) is 18.3 Å². The second kappa shape index (κ2) is 12.6. The molecule has 4 rings (SSSR count). The van der Waals surface area contributed by atoms with Crippen molar-refractivity contribution in [1.82, 2.24) is 14.3 Å². The number of carbonyl (C=O) groups excluding carboxylic acids is 1. The van der Waals surface area contributed by atoms with Gasteiger partial charge in [-0.3, -0.25) is 14.3 Å². The highest BCUT2D eigenvalue weighted by atomic mass is 16.5. The van der Waals surface area contributed by atoms with Crippen molar-refractivity contribution in [2.24, 2.45) is 5.41 Å². The molecule has 7 nitrogen and oxygen atoms in total. The van der Waals surface area contributed by atoms with Crippen molar-refractivity contribution in [3.05, 3.63) is 46.8 Å². The van der Waals surface area contributed by atoms with E-state index in [4.69, 9.17) is 14.6 Å². The average molecular weight is 522 g/mol. The quantitative estimate of drug-likeness (QED) is 0.180. The maximum Gasteiger partial charge on any atom is 0.305 e. The Hall–Kier alpha value is -3.09. The number of pyridine rings is 1. The van der Waals surface area contributed by atoms with Gasteiger partial charge in [0.15, 0.2) is 5.43 Å². The highest BCUT2D eigenvalue weighted by Crippen LogP contribution is 2.42. The molecule has 0 radical (unpaired) electrons. The molecule has 38 heavy (non-hydrogen) atoms. The fourth-order valence-corrected chi connectivity index (χ4v) is 5.24. The summed E-state index contributed by atoms with van der Waals surface area (Å²) in [6, 6.07) is 9.60. The van der Waals surface area contributed by atoms with Gasteiger partial charge in [0.05, 0.1) is 37.2 Å². The number of fused-ring (bicyclic) bond motifs is 5. The summed E-state index contributed by atoms with van der Waals surface area (Å²) in [5.74, 6) is 0.717. The van der Waals surface area contributed by atoms with Crippen molar-refractivity contribution in [2.75, 3.05) is 13.2 Å². The molecule has 0 amide bonds. The van der Waals surface area contributed by atoms with Gasteiger partial charge < -0.3 is 14.0 Å². The number of rotatable bonds is 13. The Kier molecular flexibility index (Phi) is 9.29. The first-order valence-electron chi connectivity index (χ1n) is 14.3. The summed E-state index contributed by atoms with van der Waals surface area (Å²) < 4.78 is 15.7. The summed E-state index contributed by atoms with van der Waals surface area (Å²) in [6.45, 7) is 10.7. The normalized spacial score (nSPS) is 14.8. The minimum absolute atomic E-state index is 0.00276. The van der Waals surface area contributed by atoms with E-state index in [0.717, 1.165) is 86.0 Å². The number of benzene rings is 1. The molecule has 206 valence electrons. The molecule has 0 saturated heterocycles. The minimum atomic E-state index is -0.0679. The van der Waals surface area contributed by atoms with Crippen molar-refractivity contribution >= 4 is 16.9 Å². The van der Waals surface area contributed by atoms with Crippen LogP contribution in [0, 0.1) is 5.41 Å². The van der Waals surface area contributed by atoms with E-state index in [1.54, 1.807) is 12.1 Å². The Balaban J connectivity index is 1.32. The highest BCUT2D eigenvalue weighted by Gasteiger charge is 2.34. The first-order valence-corrected chi connectivity index (χ1v) is 14.3. The van der Waals surface area contributed by atoms with Crippen molar-refractivity contribution in [1.29, 1.82) is 0 Å². The molecule has 0 aliphatic carbocycles. The third kappa shape index (κ3) is 6.66. The highest BCUT2D eigenvalue weighted by molar-refractivity contribution is 5.96. The fraction of sp³-hybridized carbons (Fsp3) is 0.581. The molecule has 2 aromatic heterocycles. The van der Waals surface area contributed by atoms with E-state index in [0.29, 0.717) is 19.6 Å². The van der Waals surface area contributed by atoms with Crippen LogP contribution in [0.2, 0.25) is 0 Å². The molecule has 1 aromatic carbocycles. The Morgan fingerprint density at radius 3 is 2.58 bits per heavy atom. The van der Waals surface area contributed by atoms with Crippen LogP contribution >= 0.6 is 0 Å². The van der Waals surface area contributed by atoms with Gasteiger partial charge in [-0.1, -0.05) is 71.9 Å².